The molecule has 0 saturated heterocycles. The summed E-state index contributed by atoms with van der Waals surface area (Å²) in [7, 11) is 0. The van der Waals surface area contributed by atoms with Crippen LogP contribution in [0.25, 0.3) is 0 Å². The molecule has 1 aromatic heterocycles. The zero-order valence-corrected chi connectivity index (χ0v) is 12.3. The minimum atomic E-state index is 0.743. The molecule has 0 radical (unpaired) electrons. The van der Waals surface area contributed by atoms with Gasteiger partial charge >= 0.3 is 0 Å². The zero-order valence-electron chi connectivity index (χ0n) is 9.15. The largest absolute Gasteiger partial charge is 0.226 e. The molecule has 0 aliphatic carbocycles. The van der Waals surface area contributed by atoms with Crippen LogP contribution in [0.1, 0.15) is 12.7 Å². The van der Waals surface area contributed by atoms with Crippen molar-refractivity contribution in [2.75, 3.05) is 0 Å². The van der Waals surface area contributed by atoms with E-state index >= 15 is 0 Å². The predicted molar refractivity (Wildman–Crippen MR) is 74.7 cm³/mol. The average Bonchev–Trinajstić information content (AvgIpc) is 2.31. The van der Waals surface area contributed by atoms with Crippen LogP contribution in [0, 0.1) is 0 Å². The average molecular weight is 330 g/mol. The number of aryl methyl sites for hydroxylation is 1. The molecule has 2 nitrogen and oxygen atoms in total. The number of halogens is 2. The lowest BCUT2D eigenvalue weighted by Crippen LogP contribution is -1.94. The maximum atomic E-state index is 5.85. The van der Waals surface area contributed by atoms with Crippen molar-refractivity contribution < 1.29 is 0 Å². The van der Waals surface area contributed by atoms with Gasteiger partial charge in [0.1, 0.15) is 15.5 Å². The molecule has 0 unspecified atom stereocenters. The normalized spacial score (nSPS) is 10.5. The summed E-state index contributed by atoms with van der Waals surface area (Å²) in [6, 6.07) is 9.63. The van der Waals surface area contributed by atoms with Gasteiger partial charge in [0.15, 0.2) is 0 Å². The van der Waals surface area contributed by atoms with Gasteiger partial charge in [0.2, 0.25) is 0 Å². The van der Waals surface area contributed by atoms with E-state index in [-0.39, 0.29) is 0 Å². The van der Waals surface area contributed by atoms with Crippen LogP contribution in [0.3, 0.4) is 0 Å². The third-order valence-corrected chi connectivity index (χ3v) is 3.65. The number of aromatic nitrogens is 2. The highest BCUT2D eigenvalue weighted by atomic mass is 79.9. The summed E-state index contributed by atoms with van der Waals surface area (Å²) in [6.07, 6.45) is 0.827. The van der Waals surface area contributed by atoms with E-state index in [2.05, 4.69) is 25.9 Å². The first kappa shape index (κ1) is 12.9. The molecular formula is C12H10BrClN2S. The molecule has 0 N–H and O–H groups in total. The standard InChI is InChI=1S/C12H10BrClN2S/c1-2-11-15-10(13)7-12(16-11)17-9-5-3-8(14)4-6-9/h3-7H,2H2,1H3. The second-order valence-corrected chi connectivity index (χ2v) is 5.70. The van der Waals surface area contributed by atoms with Crippen molar-refractivity contribution in [1.29, 1.82) is 0 Å². The summed E-state index contributed by atoms with van der Waals surface area (Å²) in [5.41, 5.74) is 0. The Bertz CT molecular complexity index is 516. The van der Waals surface area contributed by atoms with E-state index in [4.69, 9.17) is 11.6 Å². The highest BCUT2D eigenvalue weighted by Crippen LogP contribution is 2.28. The Morgan fingerprint density at radius 1 is 1.24 bits per heavy atom. The molecule has 0 saturated carbocycles. The van der Waals surface area contributed by atoms with Crippen LogP contribution in [-0.4, -0.2) is 9.97 Å². The first-order valence-electron chi connectivity index (χ1n) is 5.14. The van der Waals surface area contributed by atoms with Gasteiger partial charge in [-0.2, -0.15) is 0 Å². The highest BCUT2D eigenvalue weighted by molar-refractivity contribution is 9.10. The zero-order chi connectivity index (χ0) is 12.3. The molecule has 0 aliphatic heterocycles. The summed E-state index contributed by atoms with van der Waals surface area (Å²) in [6.45, 7) is 2.04. The minimum Gasteiger partial charge on any atom is -0.226 e. The smallest absolute Gasteiger partial charge is 0.130 e. The fourth-order valence-electron chi connectivity index (χ4n) is 1.28. The second kappa shape index (κ2) is 5.85. The molecule has 0 fully saturated rings. The quantitative estimate of drug-likeness (QED) is 0.769. The fraction of sp³-hybridized carbons (Fsp3) is 0.167. The Morgan fingerprint density at radius 3 is 2.59 bits per heavy atom. The Labute approximate surface area is 118 Å². The highest BCUT2D eigenvalue weighted by Gasteiger charge is 2.03. The van der Waals surface area contributed by atoms with E-state index < -0.39 is 0 Å². The van der Waals surface area contributed by atoms with Crippen molar-refractivity contribution in [2.24, 2.45) is 0 Å². The molecule has 88 valence electrons. The van der Waals surface area contributed by atoms with Gasteiger partial charge in [0.25, 0.3) is 0 Å². The van der Waals surface area contributed by atoms with Gasteiger partial charge in [-0.15, -0.1) is 0 Å². The summed E-state index contributed by atoms with van der Waals surface area (Å²) >= 11 is 10.8. The maximum Gasteiger partial charge on any atom is 0.130 e. The lowest BCUT2D eigenvalue weighted by molar-refractivity contribution is 0.877. The maximum absolute atomic E-state index is 5.85. The first-order valence-corrected chi connectivity index (χ1v) is 7.13. The molecule has 2 aromatic rings. The Kier molecular flexibility index (Phi) is 4.42. The van der Waals surface area contributed by atoms with Crippen LogP contribution >= 0.6 is 39.3 Å². The van der Waals surface area contributed by atoms with Crippen molar-refractivity contribution in [3.05, 3.63) is 45.8 Å². The molecule has 1 heterocycles. The fourth-order valence-corrected chi connectivity index (χ4v) is 2.81. The Hall–Kier alpha value is -0.580. The van der Waals surface area contributed by atoms with Gasteiger partial charge in [-0.3, -0.25) is 0 Å². The number of nitrogens with zero attached hydrogens (tertiary/aromatic N) is 2. The topological polar surface area (TPSA) is 25.8 Å². The molecule has 2 rings (SSSR count). The molecular weight excluding hydrogens is 320 g/mol. The lowest BCUT2D eigenvalue weighted by atomic mass is 10.4. The van der Waals surface area contributed by atoms with E-state index in [9.17, 15) is 0 Å². The molecule has 0 bridgehead atoms. The van der Waals surface area contributed by atoms with Crippen LogP contribution in [0.5, 0.6) is 0 Å². The number of benzene rings is 1. The Balaban J connectivity index is 2.23. The molecule has 0 aliphatic rings. The molecule has 17 heavy (non-hydrogen) atoms. The summed E-state index contributed by atoms with van der Waals surface area (Å²) in [5.74, 6) is 0.843. The SMILES string of the molecule is CCc1nc(Br)cc(Sc2ccc(Cl)cc2)n1. The third kappa shape index (κ3) is 3.69. The van der Waals surface area contributed by atoms with Crippen LogP contribution in [-0.2, 0) is 6.42 Å². The first-order chi connectivity index (χ1) is 8.17. The van der Waals surface area contributed by atoms with Crippen LogP contribution in [0.4, 0.5) is 0 Å². The van der Waals surface area contributed by atoms with Gasteiger partial charge in [-0.1, -0.05) is 30.3 Å². The summed E-state index contributed by atoms with van der Waals surface area (Å²) in [4.78, 5) is 9.85. The second-order valence-electron chi connectivity index (χ2n) is 3.35. The number of hydrogen-bond donors (Lipinski definition) is 0. The van der Waals surface area contributed by atoms with Crippen molar-refractivity contribution >= 4 is 39.3 Å². The number of rotatable bonds is 3. The van der Waals surface area contributed by atoms with E-state index in [1.54, 1.807) is 11.8 Å². The van der Waals surface area contributed by atoms with Crippen molar-refractivity contribution in [2.45, 2.75) is 23.3 Å². The van der Waals surface area contributed by atoms with E-state index in [0.717, 1.165) is 31.8 Å². The van der Waals surface area contributed by atoms with Crippen LogP contribution < -0.4 is 0 Å². The van der Waals surface area contributed by atoms with Crippen molar-refractivity contribution in [3.8, 4) is 0 Å². The van der Waals surface area contributed by atoms with Gasteiger partial charge < -0.3 is 0 Å². The van der Waals surface area contributed by atoms with Gasteiger partial charge in [0.05, 0.1) is 0 Å². The number of hydrogen-bond acceptors (Lipinski definition) is 3. The molecule has 5 heteroatoms. The van der Waals surface area contributed by atoms with Gasteiger partial charge in [-0.05, 0) is 40.2 Å². The van der Waals surface area contributed by atoms with Crippen molar-refractivity contribution in [3.63, 3.8) is 0 Å². The molecule has 0 amide bonds. The predicted octanol–water partition coefficient (Wildman–Crippen LogP) is 4.61. The molecule has 1 aromatic carbocycles. The van der Waals surface area contributed by atoms with E-state index in [0.29, 0.717) is 0 Å². The Morgan fingerprint density at radius 2 is 1.94 bits per heavy atom. The summed E-state index contributed by atoms with van der Waals surface area (Å²) < 4.78 is 0.820. The van der Waals surface area contributed by atoms with E-state index in [1.165, 1.54) is 0 Å². The van der Waals surface area contributed by atoms with Gasteiger partial charge in [-0.25, -0.2) is 9.97 Å². The van der Waals surface area contributed by atoms with Crippen LogP contribution in [0.15, 0.2) is 44.9 Å². The third-order valence-electron chi connectivity index (χ3n) is 2.07. The summed E-state index contributed by atoms with van der Waals surface area (Å²) in [5, 5.41) is 1.68. The van der Waals surface area contributed by atoms with Crippen LogP contribution in [0.2, 0.25) is 5.02 Å². The molecule has 0 spiro atoms. The molecule has 0 atom stereocenters. The van der Waals surface area contributed by atoms with Gasteiger partial charge in [0, 0.05) is 22.4 Å². The lowest BCUT2D eigenvalue weighted by Gasteiger charge is -2.03. The minimum absolute atomic E-state index is 0.743. The van der Waals surface area contributed by atoms with E-state index in [1.807, 2.05) is 37.3 Å². The van der Waals surface area contributed by atoms with Crippen molar-refractivity contribution in [1.82, 2.24) is 9.97 Å². The monoisotopic (exact) mass is 328 g/mol.